The molecule has 0 aromatic heterocycles. The lowest BCUT2D eigenvalue weighted by Crippen LogP contribution is -2.57. The molecule has 0 spiro atoms. The Morgan fingerprint density at radius 2 is 1.64 bits per heavy atom. The third-order valence-corrected chi connectivity index (χ3v) is 6.44. The molecule has 1 N–H and O–H groups in total. The minimum absolute atomic E-state index is 0.0772. The molecule has 1 unspecified atom stereocenters. The molecule has 1 aromatic carbocycles. The van der Waals surface area contributed by atoms with Crippen molar-refractivity contribution in [1.29, 1.82) is 0 Å². The number of morpholine rings is 1. The monoisotopic (exact) mass is 498 g/mol. The van der Waals surface area contributed by atoms with Gasteiger partial charge in [-0.25, -0.2) is 0 Å². The fourth-order valence-electron chi connectivity index (χ4n) is 4.05. The Labute approximate surface area is 205 Å². The van der Waals surface area contributed by atoms with Crippen LogP contribution in [0.25, 0.3) is 0 Å². The predicted molar refractivity (Wildman–Crippen MR) is 128 cm³/mol. The van der Waals surface area contributed by atoms with Gasteiger partial charge in [0.15, 0.2) is 0 Å². The Morgan fingerprint density at radius 3 is 2.24 bits per heavy atom. The molecule has 2 fully saturated rings. The van der Waals surface area contributed by atoms with E-state index in [0.29, 0.717) is 57.4 Å². The number of carbonyl (C=O) groups excluding carboxylic acids is 3. The van der Waals surface area contributed by atoms with Gasteiger partial charge in [-0.2, -0.15) is 0 Å². The normalized spacial score (nSPS) is 18.3. The summed E-state index contributed by atoms with van der Waals surface area (Å²) in [6, 6.07) is 3.98. The third kappa shape index (κ3) is 7.30. The van der Waals surface area contributed by atoms with Crippen LogP contribution in [0.1, 0.15) is 30.6 Å². The zero-order valence-corrected chi connectivity index (χ0v) is 20.7. The molecule has 0 bridgehead atoms. The molecule has 10 heteroatoms. The highest BCUT2D eigenvalue weighted by Crippen LogP contribution is 2.21. The fourth-order valence-corrected chi connectivity index (χ4v) is 4.54. The number of ether oxygens (including phenoxy) is 1. The number of carbonyl (C=O) groups is 3. The van der Waals surface area contributed by atoms with Gasteiger partial charge < -0.3 is 19.9 Å². The highest BCUT2D eigenvalue weighted by molar-refractivity contribution is 6.36. The van der Waals surface area contributed by atoms with Crippen molar-refractivity contribution < 1.29 is 19.1 Å². The number of nitrogens with zero attached hydrogens (tertiary/aromatic N) is 3. The molecule has 3 rings (SSSR count). The second kappa shape index (κ2) is 12.0. The Bertz CT molecular complexity index is 853. The molecule has 2 heterocycles. The van der Waals surface area contributed by atoms with E-state index in [4.69, 9.17) is 27.9 Å². The van der Waals surface area contributed by atoms with Crippen LogP contribution in [0.15, 0.2) is 18.2 Å². The molecular formula is C23H32Cl2N4O4. The molecule has 8 nitrogen and oxygen atoms in total. The first kappa shape index (κ1) is 25.7. The van der Waals surface area contributed by atoms with Crippen molar-refractivity contribution in [1.82, 2.24) is 20.0 Å². The topological polar surface area (TPSA) is 82.2 Å². The molecule has 1 atom stereocenters. The van der Waals surface area contributed by atoms with Gasteiger partial charge in [0, 0.05) is 44.3 Å². The van der Waals surface area contributed by atoms with E-state index in [0.717, 1.165) is 13.1 Å². The van der Waals surface area contributed by atoms with Gasteiger partial charge in [-0.05, 0) is 30.5 Å². The molecule has 3 amide bonds. The SMILES string of the molecule is CC(C)CC(NC(=O)c1ccc(Cl)cc1Cl)C(=O)N1CCN(C(=O)CN2CCOCC2)CC1. The van der Waals surface area contributed by atoms with Crippen molar-refractivity contribution in [2.75, 3.05) is 59.0 Å². The Hall–Kier alpha value is -1.87. The first-order chi connectivity index (χ1) is 15.7. The highest BCUT2D eigenvalue weighted by Gasteiger charge is 2.31. The summed E-state index contributed by atoms with van der Waals surface area (Å²) < 4.78 is 5.33. The molecule has 33 heavy (non-hydrogen) atoms. The lowest BCUT2D eigenvalue weighted by atomic mass is 10.0. The summed E-state index contributed by atoms with van der Waals surface area (Å²) in [7, 11) is 0. The Balaban J connectivity index is 1.57. The lowest BCUT2D eigenvalue weighted by molar-refractivity contribution is -0.142. The van der Waals surface area contributed by atoms with Crippen molar-refractivity contribution in [3.63, 3.8) is 0 Å². The van der Waals surface area contributed by atoms with E-state index >= 15 is 0 Å². The second-order valence-electron chi connectivity index (χ2n) is 8.87. The van der Waals surface area contributed by atoms with E-state index in [9.17, 15) is 14.4 Å². The average Bonchev–Trinajstić information content (AvgIpc) is 2.78. The van der Waals surface area contributed by atoms with Crippen molar-refractivity contribution in [3.05, 3.63) is 33.8 Å². The highest BCUT2D eigenvalue weighted by atomic mass is 35.5. The number of benzene rings is 1. The van der Waals surface area contributed by atoms with Crippen molar-refractivity contribution in [2.24, 2.45) is 5.92 Å². The predicted octanol–water partition coefficient (Wildman–Crippen LogP) is 2.14. The van der Waals surface area contributed by atoms with Crippen LogP contribution in [0.4, 0.5) is 0 Å². The standard InChI is InChI=1S/C23H32Cl2N4O4/c1-16(2)13-20(26-22(31)18-4-3-17(24)14-19(18)25)23(32)29-7-5-28(6-8-29)21(30)15-27-9-11-33-12-10-27/h3-4,14,16,20H,5-13,15H2,1-2H3,(H,26,31). The number of nitrogens with one attached hydrogen (secondary N) is 1. The number of piperazine rings is 1. The third-order valence-electron chi connectivity index (χ3n) is 5.89. The van der Waals surface area contributed by atoms with Crippen LogP contribution in [0.3, 0.4) is 0 Å². The summed E-state index contributed by atoms with van der Waals surface area (Å²) in [5.41, 5.74) is 0.279. The van der Waals surface area contributed by atoms with Crippen LogP contribution in [-0.2, 0) is 14.3 Å². The van der Waals surface area contributed by atoms with E-state index in [2.05, 4.69) is 10.2 Å². The van der Waals surface area contributed by atoms with Crippen molar-refractivity contribution >= 4 is 40.9 Å². The maximum absolute atomic E-state index is 13.3. The van der Waals surface area contributed by atoms with E-state index in [1.54, 1.807) is 17.0 Å². The number of hydrogen-bond donors (Lipinski definition) is 1. The van der Waals surface area contributed by atoms with Gasteiger partial charge in [-0.1, -0.05) is 37.0 Å². The van der Waals surface area contributed by atoms with E-state index in [-0.39, 0.29) is 28.3 Å². The lowest BCUT2D eigenvalue weighted by Gasteiger charge is -2.38. The van der Waals surface area contributed by atoms with E-state index in [1.165, 1.54) is 6.07 Å². The number of amides is 3. The zero-order valence-electron chi connectivity index (χ0n) is 19.2. The summed E-state index contributed by atoms with van der Waals surface area (Å²) in [5, 5.41) is 3.53. The van der Waals surface area contributed by atoms with Crippen LogP contribution in [-0.4, -0.2) is 97.5 Å². The van der Waals surface area contributed by atoms with Gasteiger partial charge >= 0.3 is 0 Å². The summed E-state index contributed by atoms with van der Waals surface area (Å²) >= 11 is 12.1. The van der Waals surface area contributed by atoms with Crippen LogP contribution in [0.2, 0.25) is 10.0 Å². The van der Waals surface area contributed by atoms with Gasteiger partial charge in [0.2, 0.25) is 11.8 Å². The zero-order chi connectivity index (χ0) is 24.0. The maximum atomic E-state index is 13.3. The fraction of sp³-hybridized carbons (Fsp3) is 0.609. The maximum Gasteiger partial charge on any atom is 0.253 e. The van der Waals surface area contributed by atoms with Crippen LogP contribution in [0.5, 0.6) is 0 Å². The quantitative estimate of drug-likeness (QED) is 0.622. The first-order valence-corrected chi connectivity index (χ1v) is 12.1. The molecular weight excluding hydrogens is 467 g/mol. The summed E-state index contributed by atoms with van der Waals surface area (Å²) in [4.78, 5) is 44.4. The van der Waals surface area contributed by atoms with Gasteiger partial charge in [-0.15, -0.1) is 0 Å². The summed E-state index contributed by atoms with van der Waals surface area (Å²) in [6.45, 7) is 9.08. The van der Waals surface area contributed by atoms with Crippen molar-refractivity contribution in [3.8, 4) is 0 Å². The number of halogens is 2. The van der Waals surface area contributed by atoms with Crippen LogP contribution < -0.4 is 5.32 Å². The molecule has 1 aromatic rings. The number of rotatable bonds is 7. The van der Waals surface area contributed by atoms with Gasteiger partial charge in [0.05, 0.1) is 30.3 Å². The van der Waals surface area contributed by atoms with E-state index < -0.39 is 11.9 Å². The smallest absolute Gasteiger partial charge is 0.253 e. The Morgan fingerprint density at radius 1 is 1.00 bits per heavy atom. The largest absolute Gasteiger partial charge is 0.379 e. The molecule has 0 saturated carbocycles. The molecule has 2 aliphatic heterocycles. The Kier molecular flexibility index (Phi) is 9.37. The van der Waals surface area contributed by atoms with Crippen LogP contribution in [0, 0.1) is 5.92 Å². The number of hydrogen-bond acceptors (Lipinski definition) is 5. The minimum Gasteiger partial charge on any atom is -0.379 e. The van der Waals surface area contributed by atoms with E-state index in [1.807, 2.05) is 18.7 Å². The van der Waals surface area contributed by atoms with Crippen LogP contribution >= 0.6 is 23.2 Å². The first-order valence-electron chi connectivity index (χ1n) is 11.4. The average molecular weight is 499 g/mol. The van der Waals surface area contributed by atoms with Crippen molar-refractivity contribution in [2.45, 2.75) is 26.3 Å². The molecule has 0 radical (unpaired) electrons. The van der Waals surface area contributed by atoms with Gasteiger partial charge in [0.1, 0.15) is 6.04 Å². The molecule has 0 aliphatic carbocycles. The molecule has 2 saturated heterocycles. The molecule has 2 aliphatic rings. The summed E-state index contributed by atoms with van der Waals surface area (Å²) in [5.74, 6) is -0.262. The summed E-state index contributed by atoms with van der Waals surface area (Å²) in [6.07, 6.45) is 0.506. The van der Waals surface area contributed by atoms with Gasteiger partial charge in [-0.3, -0.25) is 19.3 Å². The van der Waals surface area contributed by atoms with Gasteiger partial charge in [0.25, 0.3) is 5.91 Å². The second-order valence-corrected chi connectivity index (χ2v) is 9.72. The minimum atomic E-state index is -0.667. The molecule has 182 valence electrons.